The smallest absolute Gasteiger partial charge is 0.234 e. The quantitative estimate of drug-likeness (QED) is 0.660. The van der Waals surface area contributed by atoms with Crippen molar-refractivity contribution in [3.63, 3.8) is 0 Å². The van der Waals surface area contributed by atoms with Gasteiger partial charge in [0.2, 0.25) is 11.8 Å². The number of hydrogen-bond acceptors (Lipinski definition) is 5. The normalized spacial score (nSPS) is 12.0. The standard InChI is InChI=1S/C19H31N3O4/c1-7-22(11-18(23)20-13(2)3)12-19(24)21-14(4)16-10-15(25-5)8-9-17(16)26-6/h8-10,13-14H,7,11-12H2,1-6H3,(H,20,23)(H,21,24)/t14-/m0/s1. The fourth-order valence-electron chi connectivity index (χ4n) is 2.60. The average molecular weight is 365 g/mol. The first-order valence-corrected chi connectivity index (χ1v) is 8.83. The lowest BCUT2D eigenvalue weighted by Gasteiger charge is -2.22. The van der Waals surface area contributed by atoms with Crippen LogP contribution in [0.25, 0.3) is 0 Å². The van der Waals surface area contributed by atoms with E-state index in [4.69, 9.17) is 9.47 Å². The van der Waals surface area contributed by atoms with E-state index >= 15 is 0 Å². The summed E-state index contributed by atoms with van der Waals surface area (Å²) in [6.45, 7) is 8.57. The maximum atomic E-state index is 12.4. The second kappa shape index (κ2) is 10.7. The Bertz CT molecular complexity index is 604. The van der Waals surface area contributed by atoms with Gasteiger partial charge in [-0.1, -0.05) is 6.92 Å². The van der Waals surface area contributed by atoms with Crippen LogP contribution in [-0.2, 0) is 9.59 Å². The molecule has 0 heterocycles. The number of likely N-dealkylation sites (N-methyl/N-ethyl adjacent to an activating group) is 1. The van der Waals surface area contributed by atoms with Gasteiger partial charge in [0.05, 0.1) is 33.4 Å². The summed E-state index contributed by atoms with van der Waals surface area (Å²) < 4.78 is 10.6. The molecule has 2 N–H and O–H groups in total. The van der Waals surface area contributed by atoms with E-state index in [1.165, 1.54) is 0 Å². The molecule has 0 radical (unpaired) electrons. The van der Waals surface area contributed by atoms with Gasteiger partial charge in [0.15, 0.2) is 0 Å². The molecule has 0 aliphatic heterocycles. The van der Waals surface area contributed by atoms with Crippen LogP contribution in [0.2, 0.25) is 0 Å². The number of carbonyl (C=O) groups is 2. The van der Waals surface area contributed by atoms with Crippen LogP contribution in [0, 0.1) is 0 Å². The Morgan fingerprint density at radius 2 is 1.65 bits per heavy atom. The number of methoxy groups -OCH3 is 2. The molecule has 0 aliphatic rings. The number of amides is 2. The molecule has 7 nitrogen and oxygen atoms in total. The summed E-state index contributed by atoms with van der Waals surface area (Å²) in [5.41, 5.74) is 0.834. The molecule has 0 saturated carbocycles. The van der Waals surface area contributed by atoms with Gasteiger partial charge in [0.1, 0.15) is 11.5 Å². The highest BCUT2D eigenvalue weighted by atomic mass is 16.5. The van der Waals surface area contributed by atoms with Crippen LogP contribution in [-0.4, -0.2) is 56.6 Å². The van der Waals surface area contributed by atoms with Crippen molar-refractivity contribution in [2.45, 2.75) is 39.8 Å². The summed E-state index contributed by atoms with van der Waals surface area (Å²) in [7, 11) is 3.18. The molecule has 26 heavy (non-hydrogen) atoms. The molecule has 0 aromatic heterocycles. The van der Waals surface area contributed by atoms with Gasteiger partial charge < -0.3 is 20.1 Å². The molecule has 146 valence electrons. The molecule has 1 aromatic rings. The Morgan fingerprint density at radius 1 is 1.04 bits per heavy atom. The Labute approximate surface area is 156 Å². The lowest BCUT2D eigenvalue weighted by Crippen LogP contribution is -2.44. The van der Waals surface area contributed by atoms with E-state index in [-0.39, 0.29) is 37.0 Å². The van der Waals surface area contributed by atoms with E-state index in [2.05, 4.69) is 10.6 Å². The van der Waals surface area contributed by atoms with Crippen molar-refractivity contribution in [1.29, 1.82) is 0 Å². The van der Waals surface area contributed by atoms with Crippen molar-refractivity contribution in [1.82, 2.24) is 15.5 Å². The van der Waals surface area contributed by atoms with Crippen molar-refractivity contribution in [3.8, 4) is 11.5 Å². The molecule has 1 atom stereocenters. The second-order valence-corrected chi connectivity index (χ2v) is 6.42. The van der Waals surface area contributed by atoms with E-state index < -0.39 is 0 Å². The van der Waals surface area contributed by atoms with Crippen molar-refractivity contribution >= 4 is 11.8 Å². The monoisotopic (exact) mass is 365 g/mol. The van der Waals surface area contributed by atoms with Gasteiger partial charge in [-0.25, -0.2) is 0 Å². The van der Waals surface area contributed by atoms with E-state index in [1.54, 1.807) is 19.1 Å². The molecule has 1 aromatic carbocycles. The lowest BCUT2D eigenvalue weighted by molar-refractivity contribution is -0.125. The summed E-state index contributed by atoms with van der Waals surface area (Å²) in [6.07, 6.45) is 0. The Kier molecular flexibility index (Phi) is 8.92. The molecule has 2 amide bonds. The zero-order valence-electron chi connectivity index (χ0n) is 16.6. The Hall–Kier alpha value is -2.28. The third kappa shape index (κ3) is 6.92. The number of benzene rings is 1. The van der Waals surface area contributed by atoms with Crippen LogP contribution in [0.1, 0.15) is 39.3 Å². The third-order valence-electron chi connectivity index (χ3n) is 3.91. The topological polar surface area (TPSA) is 79.9 Å². The first-order valence-electron chi connectivity index (χ1n) is 8.83. The fourth-order valence-corrected chi connectivity index (χ4v) is 2.60. The van der Waals surface area contributed by atoms with E-state index in [9.17, 15) is 9.59 Å². The third-order valence-corrected chi connectivity index (χ3v) is 3.91. The second-order valence-electron chi connectivity index (χ2n) is 6.42. The molecule has 7 heteroatoms. The van der Waals surface area contributed by atoms with Crippen LogP contribution >= 0.6 is 0 Å². The first-order chi connectivity index (χ1) is 12.3. The minimum Gasteiger partial charge on any atom is -0.497 e. The van der Waals surface area contributed by atoms with Gasteiger partial charge >= 0.3 is 0 Å². The number of nitrogens with zero attached hydrogens (tertiary/aromatic N) is 1. The summed E-state index contributed by atoms with van der Waals surface area (Å²) >= 11 is 0. The van der Waals surface area contributed by atoms with Crippen LogP contribution in [0.15, 0.2) is 18.2 Å². The first kappa shape index (κ1) is 21.8. The number of ether oxygens (including phenoxy) is 2. The van der Waals surface area contributed by atoms with Gasteiger partial charge in [-0.15, -0.1) is 0 Å². The minimum atomic E-state index is -0.254. The van der Waals surface area contributed by atoms with Gasteiger partial charge in [0, 0.05) is 11.6 Å². The van der Waals surface area contributed by atoms with Crippen molar-refractivity contribution < 1.29 is 19.1 Å². The summed E-state index contributed by atoms with van der Waals surface area (Å²) in [5.74, 6) is 1.14. The van der Waals surface area contributed by atoms with E-state index in [1.807, 2.05) is 45.9 Å². The van der Waals surface area contributed by atoms with Crippen LogP contribution in [0.3, 0.4) is 0 Å². The summed E-state index contributed by atoms with van der Waals surface area (Å²) in [4.78, 5) is 26.1. The molecular formula is C19H31N3O4. The maximum Gasteiger partial charge on any atom is 0.234 e. The SMILES string of the molecule is CCN(CC(=O)NC(C)C)CC(=O)N[C@@H](C)c1cc(OC)ccc1OC. The molecule has 1 rings (SSSR count). The number of hydrogen-bond donors (Lipinski definition) is 2. The molecule has 0 unspecified atom stereocenters. The Balaban J connectivity index is 2.70. The maximum absolute atomic E-state index is 12.4. The minimum absolute atomic E-state index is 0.0792. The molecular weight excluding hydrogens is 334 g/mol. The van der Waals surface area contributed by atoms with E-state index in [0.717, 1.165) is 5.56 Å². The van der Waals surface area contributed by atoms with Gasteiger partial charge in [-0.05, 0) is 45.5 Å². The van der Waals surface area contributed by atoms with Gasteiger partial charge in [-0.2, -0.15) is 0 Å². The highest BCUT2D eigenvalue weighted by molar-refractivity contribution is 5.81. The molecule has 0 aliphatic carbocycles. The molecule has 0 fully saturated rings. The molecule has 0 spiro atoms. The summed E-state index contributed by atoms with van der Waals surface area (Å²) in [5, 5.41) is 5.79. The van der Waals surface area contributed by atoms with E-state index in [0.29, 0.717) is 18.0 Å². The predicted molar refractivity (Wildman–Crippen MR) is 101 cm³/mol. The highest BCUT2D eigenvalue weighted by Gasteiger charge is 2.18. The van der Waals surface area contributed by atoms with Crippen molar-refractivity contribution in [3.05, 3.63) is 23.8 Å². The predicted octanol–water partition coefficient (Wildman–Crippen LogP) is 1.73. The lowest BCUT2D eigenvalue weighted by atomic mass is 10.1. The largest absolute Gasteiger partial charge is 0.497 e. The van der Waals surface area contributed by atoms with Crippen molar-refractivity contribution in [2.75, 3.05) is 33.9 Å². The highest BCUT2D eigenvalue weighted by Crippen LogP contribution is 2.29. The van der Waals surface area contributed by atoms with Gasteiger partial charge in [0.25, 0.3) is 0 Å². The zero-order chi connectivity index (χ0) is 19.7. The molecule has 0 bridgehead atoms. The Morgan fingerprint density at radius 3 is 2.15 bits per heavy atom. The average Bonchev–Trinajstić information content (AvgIpc) is 2.59. The number of carbonyl (C=O) groups excluding carboxylic acids is 2. The fraction of sp³-hybridized carbons (Fsp3) is 0.579. The van der Waals surface area contributed by atoms with Crippen LogP contribution in [0.4, 0.5) is 0 Å². The molecule has 0 saturated heterocycles. The number of nitrogens with one attached hydrogen (secondary N) is 2. The summed E-state index contributed by atoms with van der Waals surface area (Å²) in [6, 6.07) is 5.29. The number of rotatable bonds is 10. The van der Waals surface area contributed by atoms with Crippen molar-refractivity contribution in [2.24, 2.45) is 0 Å². The van der Waals surface area contributed by atoms with Crippen LogP contribution < -0.4 is 20.1 Å². The van der Waals surface area contributed by atoms with Gasteiger partial charge in [-0.3, -0.25) is 14.5 Å². The van der Waals surface area contributed by atoms with Crippen LogP contribution in [0.5, 0.6) is 11.5 Å². The zero-order valence-corrected chi connectivity index (χ0v) is 16.6.